The Morgan fingerprint density at radius 1 is 1.20 bits per heavy atom. The maximum Gasteiger partial charge on any atom is 0.411 e. The third-order valence-corrected chi connectivity index (χ3v) is 1.79. The molecule has 0 fully saturated rings. The molecule has 82 valence electrons. The molecule has 0 unspecified atom stereocenters. The molecule has 4 nitrogen and oxygen atoms in total. The van der Waals surface area contributed by atoms with Crippen molar-refractivity contribution in [2.24, 2.45) is 0 Å². The molecule has 0 atom stereocenters. The van der Waals surface area contributed by atoms with E-state index < -0.39 is 6.09 Å². The molecule has 2 N–H and O–H groups in total. The van der Waals surface area contributed by atoms with E-state index >= 15 is 0 Å². The van der Waals surface area contributed by atoms with Gasteiger partial charge >= 0.3 is 6.09 Å². The molecule has 0 aliphatic heterocycles. The Morgan fingerprint density at radius 2 is 1.80 bits per heavy atom. The van der Waals surface area contributed by atoms with Gasteiger partial charge in [-0.25, -0.2) is 4.79 Å². The van der Waals surface area contributed by atoms with Crippen molar-refractivity contribution in [1.29, 1.82) is 0 Å². The van der Waals surface area contributed by atoms with Crippen LogP contribution in [0, 0.1) is 0 Å². The van der Waals surface area contributed by atoms with Gasteiger partial charge in [0.05, 0.1) is 6.61 Å². The lowest BCUT2D eigenvalue weighted by atomic mass is 10.3. The van der Waals surface area contributed by atoms with Crippen LogP contribution in [0.4, 0.5) is 16.2 Å². The fourth-order valence-electron chi connectivity index (χ4n) is 1.16. The molecule has 1 aromatic carbocycles. The van der Waals surface area contributed by atoms with E-state index in [0.717, 1.165) is 17.9 Å². The second-order valence-corrected chi connectivity index (χ2v) is 2.95. The Kier molecular flexibility index (Phi) is 4.47. The van der Waals surface area contributed by atoms with Crippen LogP contribution in [0.25, 0.3) is 0 Å². The fourth-order valence-corrected chi connectivity index (χ4v) is 1.16. The molecule has 0 heterocycles. The lowest BCUT2D eigenvalue weighted by Gasteiger charge is -2.06. The number of rotatable bonds is 4. The van der Waals surface area contributed by atoms with Crippen molar-refractivity contribution < 1.29 is 9.53 Å². The Labute approximate surface area is 89.6 Å². The highest BCUT2D eigenvalue weighted by Crippen LogP contribution is 2.13. The van der Waals surface area contributed by atoms with Gasteiger partial charge in [-0.1, -0.05) is 0 Å². The number of hydrogen-bond acceptors (Lipinski definition) is 3. The molecular weight excluding hydrogens is 192 g/mol. The van der Waals surface area contributed by atoms with Gasteiger partial charge in [0.25, 0.3) is 0 Å². The van der Waals surface area contributed by atoms with Crippen molar-refractivity contribution in [2.75, 3.05) is 23.8 Å². The number of nitrogens with one attached hydrogen (secondary N) is 2. The first kappa shape index (κ1) is 11.4. The van der Waals surface area contributed by atoms with Gasteiger partial charge in [0, 0.05) is 17.9 Å². The molecule has 0 aromatic heterocycles. The highest BCUT2D eigenvalue weighted by atomic mass is 16.5. The van der Waals surface area contributed by atoms with Crippen LogP contribution in [0.1, 0.15) is 13.8 Å². The zero-order chi connectivity index (χ0) is 11.1. The highest BCUT2D eigenvalue weighted by molar-refractivity contribution is 5.84. The molecule has 4 heteroatoms. The van der Waals surface area contributed by atoms with Gasteiger partial charge in [0.2, 0.25) is 0 Å². The molecule has 0 bridgehead atoms. The van der Waals surface area contributed by atoms with Gasteiger partial charge in [-0.05, 0) is 38.1 Å². The minimum Gasteiger partial charge on any atom is -0.450 e. The maximum atomic E-state index is 11.1. The normalized spacial score (nSPS) is 9.47. The van der Waals surface area contributed by atoms with Crippen LogP contribution >= 0.6 is 0 Å². The lowest BCUT2D eigenvalue weighted by Crippen LogP contribution is -2.13. The van der Waals surface area contributed by atoms with Crippen molar-refractivity contribution in [1.82, 2.24) is 0 Å². The summed E-state index contributed by atoms with van der Waals surface area (Å²) in [5, 5.41) is 5.79. The van der Waals surface area contributed by atoms with Crippen molar-refractivity contribution in [2.45, 2.75) is 13.8 Å². The Bertz CT molecular complexity index is 309. The molecule has 1 aromatic rings. The van der Waals surface area contributed by atoms with Crippen LogP contribution in [0.15, 0.2) is 24.3 Å². The maximum absolute atomic E-state index is 11.1. The predicted octanol–water partition coefficient (Wildman–Crippen LogP) is 2.69. The molecule has 0 radical (unpaired) electrons. The second kappa shape index (κ2) is 5.90. The van der Waals surface area contributed by atoms with Crippen LogP contribution in [0.5, 0.6) is 0 Å². The van der Waals surface area contributed by atoms with Crippen molar-refractivity contribution in [3.8, 4) is 0 Å². The summed E-state index contributed by atoms with van der Waals surface area (Å²) in [5.41, 5.74) is 1.77. The monoisotopic (exact) mass is 208 g/mol. The lowest BCUT2D eigenvalue weighted by molar-refractivity contribution is 0.168. The van der Waals surface area contributed by atoms with Gasteiger partial charge in [-0.15, -0.1) is 0 Å². The van der Waals surface area contributed by atoms with Gasteiger partial charge in [0.1, 0.15) is 0 Å². The average Bonchev–Trinajstić information content (AvgIpc) is 2.22. The molecule has 15 heavy (non-hydrogen) atoms. The summed E-state index contributed by atoms with van der Waals surface area (Å²) in [7, 11) is 0. The largest absolute Gasteiger partial charge is 0.450 e. The predicted molar refractivity (Wildman–Crippen MR) is 61.3 cm³/mol. The van der Waals surface area contributed by atoms with Gasteiger partial charge in [-0.3, -0.25) is 5.32 Å². The summed E-state index contributed by atoms with van der Waals surface area (Å²) in [6.45, 7) is 5.06. The summed E-state index contributed by atoms with van der Waals surface area (Å²) in [4.78, 5) is 11.1. The zero-order valence-corrected chi connectivity index (χ0v) is 9.04. The van der Waals surface area contributed by atoms with Crippen LogP contribution < -0.4 is 10.6 Å². The fraction of sp³-hybridized carbons (Fsp3) is 0.364. The van der Waals surface area contributed by atoms with Gasteiger partial charge < -0.3 is 10.1 Å². The highest BCUT2D eigenvalue weighted by Gasteiger charge is 2.00. The minimum absolute atomic E-state index is 0.376. The van der Waals surface area contributed by atoms with E-state index in [1.165, 1.54) is 0 Å². The smallest absolute Gasteiger partial charge is 0.411 e. The van der Waals surface area contributed by atoms with E-state index in [4.69, 9.17) is 4.74 Å². The molecule has 0 saturated carbocycles. The summed E-state index contributed by atoms with van der Waals surface area (Å²) in [5.74, 6) is 0. The third kappa shape index (κ3) is 3.89. The Balaban J connectivity index is 2.52. The SMILES string of the molecule is CCNc1ccc(NC(=O)OCC)cc1. The van der Waals surface area contributed by atoms with Crippen molar-refractivity contribution in [3.05, 3.63) is 24.3 Å². The summed E-state index contributed by atoms with van der Waals surface area (Å²) >= 11 is 0. The number of anilines is 2. The molecule has 0 spiro atoms. The topological polar surface area (TPSA) is 50.4 Å². The number of ether oxygens (including phenoxy) is 1. The van der Waals surface area contributed by atoms with Gasteiger partial charge in [-0.2, -0.15) is 0 Å². The third-order valence-electron chi connectivity index (χ3n) is 1.79. The van der Waals surface area contributed by atoms with Crippen LogP contribution in [0.2, 0.25) is 0 Å². The van der Waals surface area contributed by atoms with E-state index in [1.54, 1.807) is 6.92 Å². The summed E-state index contributed by atoms with van der Waals surface area (Å²) < 4.78 is 4.76. The van der Waals surface area contributed by atoms with Crippen LogP contribution in [-0.4, -0.2) is 19.2 Å². The van der Waals surface area contributed by atoms with E-state index in [2.05, 4.69) is 10.6 Å². The first-order chi connectivity index (χ1) is 7.26. The van der Waals surface area contributed by atoms with E-state index in [9.17, 15) is 4.79 Å². The molecule has 1 rings (SSSR count). The van der Waals surface area contributed by atoms with Gasteiger partial charge in [0.15, 0.2) is 0 Å². The van der Waals surface area contributed by atoms with E-state index in [-0.39, 0.29) is 0 Å². The first-order valence-electron chi connectivity index (χ1n) is 5.04. The van der Waals surface area contributed by atoms with Crippen LogP contribution in [-0.2, 0) is 4.74 Å². The molecule has 0 aliphatic rings. The number of amides is 1. The Morgan fingerprint density at radius 3 is 2.33 bits per heavy atom. The standard InChI is InChI=1S/C11H16N2O2/c1-3-12-9-5-7-10(8-6-9)13-11(14)15-4-2/h5-8,12H,3-4H2,1-2H3,(H,13,14). The zero-order valence-electron chi connectivity index (χ0n) is 9.04. The second-order valence-electron chi connectivity index (χ2n) is 2.95. The summed E-state index contributed by atoms with van der Waals surface area (Å²) in [6.07, 6.45) is -0.422. The van der Waals surface area contributed by atoms with E-state index in [0.29, 0.717) is 6.61 Å². The first-order valence-corrected chi connectivity index (χ1v) is 5.04. The van der Waals surface area contributed by atoms with Crippen LogP contribution in [0.3, 0.4) is 0 Å². The quantitative estimate of drug-likeness (QED) is 0.799. The number of carbonyl (C=O) groups excluding carboxylic acids is 1. The molecule has 1 amide bonds. The van der Waals surface area contributed by atoms with Crippen molar-refractivity contribution >= 4 is 17.5 Å². The van der Waals surface area contributed by atoms with Crippen molar-refractivity contribution in [3.63, 3.8) is 0 Å². The Hall–Kier alpha value is -1.71. The minimum atomic E-state index is -0.422. The number of hydrogen-bond donors (Lipinski definition) is 2. The molecular formula is C11H16N2O2. The number of benzene rings is 1. The molecule has 0 aliphatic carbocycles. The molecule has 0 saturated heterocycles. The number of carbonyl (C=O) groups is 1. The summed E-state index contributed by atoms with van der Waals surface area (Å²) in [6, 6.07) is 7.47. The average molecular weight is 208 g/mol. The van der Waals surface area contributed by atoms with E-state index in [1.807, 2.05) is 31.2 Å².